The van der Waals surface area contributed by atoms with E-state index in [-0.39, 0.29) is 57.7 Å². The number of aliphatic hydroxyl groups is 1. The Labute approximate surface area is 180 Å². The maximum absolute atomic E-state index is 13.3. The minimum Gasteiger partial charge on any atom is -0.508 e. The highest BCUT2D eigenvalue weighted by atomic mass is 16.3. The van der Waals surface area contributed by atoms with Crippen LogP contribution < -0.4 is 5.43 Å². The Morgan fingerprint density at radius 1 is 1.06 bits per heavy atom. The molecular weight excluding hydrogens is 396 g/mol. The quantitative estimate of drug-likeness (QED) is 0.433. The van der Waals surface area contributed by atoms with E-state index < -0.39 is 11.5 Å². The van der Waals surface area contributed by atoms with Crippen LogP contribution in [0.1, 0.15) is 31.9 Å². The maximum atomic E-state index is 13.3. The first-order valence-electron chi connectivity index (χ1n) is 9.89. The summed E-state index contributed by atoms with van der Waals surface area (Å²) in [5.41, 5.74) is 2.14. The monoisotopic (exact) mass is 422 g/mol. The second-order valence-electron chi connectivity index (χ2n) is 7.94. The summed E-state index contributed by atoms with van der Waals surface area (Å²) in [4.78, 5) is 13.3. The van der Waals surface area contributed by atoms with Crippen LogP contribution in [0.3, 0.4) is 0 Å². The summed E-state index contributed by atoms with van der Waals surface area (Å²) in [6, 6.07) is 6.04. The third kappa shape index (κ3) is 4.34. The number of hydrogen-bond donors (Lipinski definition) is 4. The van der Waals surface area contributed by atoms with Crippen molar-refractivity contribution in [3.63, 3.8) is 0 Å². The molecule has 3 rings (SSSR count). The lowest BCUT2D eigenvalue weighted by Crippen LogP contribution is -2.14. The Hall–Kier alpha value is -3.51. The fourth-order valence-corrected chi connectivity index (χ4v) is 3.35. The van der Waals surface area contributed by atoms with Gasteiger partial charge in [-0.25, -0.2) is 0 Å². The molecule has 0 aliphatic rings. The van der Waals surface area contributed by atoms with Crippen LogP contribution >= 0.6 is 0 Å². The molecule has 1 aromatic heterocycles. The highest BCUT2D eigenvalue weighted by Gasteiger charge is 2.25. The fraction of sp³-hybridized carbons (Fsp3) is 0.240. The molecule has 0 saturated heterocycles. The van der Waals surface area contributed by atoms with Crippen LogP contribution in [0.2, 0.25) is 0 Å². The molecule has 162 valence electrons. The number of fused-ring (bicyclic) bond motifs is 1. The van der Waals surface area contributed by atoms with Crippen LogP contribution in [0.5, 0.6) is 17.2 Å². The highest BCUT2D eigenvalue weighted by Crippen LogP contribution is 2.40. The summed E-state index contributed by atoms with van der Waals surface area (Å²) >= 11 is 0. The molecule has 6 heteroatoms. The van der Waals surface area contributed by atoms with Crippen molar-refractivity contribution in [1.29, 1.82) is 0 Å². The van der Waals surface area contributed by atoms with E-state index >= 15 is 0 Å². The van der Waals surface area contributed by atoms with E-state index in [1.54, 1.807) is 19.1 Å². The Kier molecular flexibility index (Phi) is 6.22. The number of aliphatic hydroxyl groups excluding tert-OH is 1. The first-order chi connectivity index (χ1) is 14.6. The van der Waals surface area contributed by atoms with Gasteiger partial charge in [0.15, 0.2) is 0 Å². The summed E-state index contributed by atoms with van der Waals surface area (Å²) in [6.07, 6.45) is 2.29. The molecule has 3 aromatic rings. The first kappa shape index (κ1) is 22.2. The summed E-state index contributed by atoms with van der Waals surface area (Å²) in [6.45, 7) is 9.17. The number of phenolic OH excluding ortho intramolecular Hbond substituents is 3. The zero-order valence-corrected chi connectivity index (χ0v) is 17.8. The van der Waals surface area contributed by atoms with Crippen LogP contribution in [0.4, 0.5) is 0 Å². The molecule has 0 fully saturated rings. The summed E-state index contributed by atoms with van der Waals surface area (Å²) in [5, 5.41) is 41.6. The Balaban J connectivity index is 2.35. The van der Waals surface area contributed by atoms with E-state index in [2.05, 4.69) is 6.58 Å². The lowest BCUT2D eigenvalue weighted by atomic mass is 9.93. The molecule has 1 atom stereocenters. The van der Waals surface area contributed by atoms with Crippen molar-refractivity contribution in [3.05, 3.63) is 75.7 Å². The predicted molar refractivity (Wildman–Crippen MR) is 121 cm³/mol. The van der Waals surface area contributed by atoms with Crippen molar-refractivity contribution in [2.75, 3.05) is 0 Å². The van der Waals surface area contributed by atoms with E-state index in [1.165, 1.54) is 18.4 Å². The molecule has 0 saturated carbocycles. The van der Waals surface area contributed by atoms with Gasteiger partial charge >= 0.3 is 0 Å². The van der Waals surface area contributed by atoms with Gasteiger partial charge in [-0.05, 0) is 44.9 Å². The van der Waals surface area contributed by atoms with Crippen molar-refractivity contribution < 1.29 is 24.8 Å². The molecular formula is C25H26O6. The lowest BCUT2D eigenvalue weighted by Gasteiger charge is -2.17. The SMILES string of the molecule is C=C(C)[C@H](O)Cc1c(O)c(CC=C(C)C)c(O)c2c(=O)c(-c3ccc(O)cc3)coc12. The molecule has 0 amide bonds. The topological polar surface area (TPSA) is 111 Å². The molecule has 4 N–H and O–H groups in total. The maximum Gasteiger partial charge on any atom is 0.204 e. The molecule has 0 bridgehead atoms. The molecule has 6 nitrogen and oxygen atoms in total. The van der Waals surface area contributed by atoms with Gasteiger partial charge in [-0.1, -0.05) is 35.9 Å². The van der Waals surface area contributed by atoms with Gasteiger partial charge in [0.2, 0.25) is 5.43 Å². The van der Waals surface area contributed by atoms with Crippen LogP contribution in [-0.4, -0.2) is 26.5 Å². The highest BCUT2D eigenvalue weighted by molar-refractivity contribution is 5.92. The van der Waals surface area contributed by atoms with Crippen LogP contribution in [0, 0.1) is 0 Å². The number of phenols is 3. The van der Waals surface area contributed by atoms with Crippen molar-refractivity contribution in [2.24, 2.45) is 0 Å². The molecule has 1 heterocycles. The Morgan fingerprint density at radius 3 is 2.29 bits per heavy atom. The van der Waals surface area contributed by atoms with Crippen molar-refractivity contribution >= 4 is 11.0 Å². The predicted octanol–water partition coefficient (Wildman–Crippen LogP) is 4.57. The molecule has 0 unspecified atom stereocenters. The minimum absolute atomic E-state index is 0.0174. The third-order valence-corrected chi connectivity index (χ3v) is 5.22. The summed E-state index contributed by atoms with van der Waals surface area (Å²) in [5.74, 6) is -0.516. The number of allylic oxidation sites excluding steroid dienone is 2. The standard InChI is InChI=1S/C25H26O6/c1-13(2)5-10-17-22(28)18(11-20(27)14(3)4)25-21(23(17)29)24(30)19(12-31-25)15-6-8-16(26)9-7-15/h5-9,12,20,26-29H,3,10-11H2,1-2,4H3/t20-/m1/s1. The minimum atomic E-state index is -0.961. The summed E-state index contributed by atoms with van der Waals surface area (Å²) < 4.78 is 5.72. The smallest absolute Gasteiger partial charge is 0.204 e. The van der Waals surface area contributed by atoms with Gasteiger partial charge in [-0.15, -0.1) is 0 Å². The second-order valence-corrected chi connectivity index (χ2v) is 7.94. The first-order valence-corrected chi connectivity index (χ1v) is 9.89. The fourth-order valence-electron chi connectivity index (χ4n) is 3.35. The number of benzene rings is 2. The van der Waals surface area contributed by atoms with Gasteiger partial charge in [-0.2, -0.15) is 0 Å². The molecule has 0 aliphatic heterocycles. The van der Waals surface area contributed by atoms with Crippen molar-refractivity contribution in [1.82, 2.24) is 0 Å². The van der Waals surface area contributed by atoms with E-state index in [0.717, 1.165) is 5.57 Å². The van der Waals surface area contributed by atoms with Gasteiger partial charge in [0.1, 0.15) is 34.5 Å². The second kappa shape index (κ2) is 8.70. The Bertz CT molecular complexity index is 1230. The molecule has 0 spiro atoms. The van der Waals surface area contributed by atoms with Crippen molar-refractivity contribution in [2.45, 2.75) is 39.7 Å². The zero-order valence-electron chi connectivity index (χ0n) is 17.8. The molecule has 31 heavy (non-hydrogen) atoms. The van der Waals surface area contributed by atoms with Crippen LogP contribution in [0.15, 0.2) is 63.5 Å². The van der Waals surface area contributed by atoms with Gasteiger partial charge in [-0.3, -0.25) is 4.79 Å². The van der Waals surface area contributed by atoms with E-state index in [4.69, 9.17) is 4.42 Å². The molecule has 0 aliphatic carbocycles. The third-order valence-electron chi connectivity index (χ3n) is 5.22. The van der Waals surface area contributed by atoms with Crippen LogP contribution in [0.25, 0.3) is 22.1 Å². The van der Waals surface area contributed by atoms with Gasteiger partial charge in [0, 0.05) is 17.5 Å². The van der Waals surface area contributed by atoms with Crippen molar-refractivity contribution in [3.8, 4) is 28.4 Å². The van der Waals surface area contributed by atoms with E-state index in [1.807, 2.05) is 19.9 Å². The molecule has 2 aromatic carbocycles. The van der Waals surface area contributed by atoms with E-state index in [9.17, 15) is 25.2 Å². The van der Waals surface area contributed by atoms with Gasteiger partial charge < -0.3 is 24.8 Å². The van der Waals surface area contributed by atoms with Crippen LogP contribution in [-0.2, 0) is 12.8 Å². The number of hydrogen-bond acceptors (Lipinski definition) is 6. The normalized spacial score (nSPS) is 12.0. The van der Waals surface area contributed by atoms with E-state index in [0.29, 0.717) is 11.1 Å². The average molecular weight is 422 g/mol. The molecule has 0 radical (unpaired) electrons. The number of aromatic hydroxyl groups is 3. The largest absolute Gasteiger partial charge is 0.508 e. The van der Waals surface area contributed by atoms with Gasteiger partial charge in [0.25, 0.3) is 0 Å². The zero-order chi connectivity index (χ0) is 22.9. The Morgan fingerprint density at radius 2 is 1.71 bits per heavy atom. The number of rotatable bonds is 6. The lowest BCUT2D eigenvalue weighted by molar-refractivity contribution is 0.210. The summed E-state index contributed by atoms with van der Waals surface area (Å²) in [7, 11) is 0. The van der Waals surface area contributed by atoms with Gasteiger partial charge in [0.05, 0.1) is 11.7 Å². The average Bonchev–Trinajstić information content (AvgIpc) is 2.71.